The first kappa shape index (κ1) is 16.6. The van der Waals surface area contributed by atoms with Gasteiger partial charge in [0, 0.05) is 12.6 Å². The highest BCUT2D eigenvalue weighted by molar-refractivity contribution is 7.89. The molecule has 1 aliphatic heterocycles. The average Bonchev–Trinajstić information content (AvgIpc) is 2.54. The maximum atomic E-state index is 12.9. The lowest BCUT2D eigenvalue weighted by Crippen LogP contribution is -2.48. The van der Waals surface area contributed by atoms with Crippen LogP contribution in [0.25, 0.3) is 11.0 Å². The number of carbonyl (C=O) groups is 1. The molecule has 0 saturated carbocycles. The van der Waals surface area contributed by atoms with Gasteiger partial charge in [-0.3, -0.25) is 9.59 Å². The Kier molecular flexibility index (Phi) is 4.14. The number of benzene rings is 1. The molecule has 9 heteroatoms. The number of H-pyrrole nitrogens is 1. The molecular formula is C15H17N3O5S. The number of hydrogen-bond donors (Lipinski definition) is 2. The van der Waals surface area contributed by atoms with E-state index in [0.717, 1.165) is 6.20 Å². The van der Waals surface area contributed by atoms with E-state index in [4.69, 9.17) is 0 Å². The molecule has 1 aromatic heterocycles. The maximum absolute atomic E-state index is 12.9. The molecule has 24 heavy (non-hydrogen) atoms. The number of nitrogens with one attached hydrogen (secondary N) is 1. The predicted octanol–water partition coefficient (Wildman–Crippen LogP) is 0.797. The molecule has 2 N–H and O–H groups in total. The van der Waals surface area contributed by atoms with Crippen molar-refractivity contribution in [1.82, 2.24) is 14.3 Å². The number of fused-ring (bicyclic) bond motifs is 1. The van der Waals surface area contributed by atoms with Crippen LogP contribution < -0.4 is 5.56 Å². The maximum Gasteiger partial charge on any atom is 0.308 e. The van der Waals surface area contributed by atoms with E-state index in [-0.39, 0.29) is 17.0 Å². The van der Waals surface area contributed by atoms with E-state index in [9.17, 15) is 23.1 Å². The fourth-order valence-corrected chi connectivity index (χ4v) is 4.82. The Morgan fingerprint density at radius 2 is 2.17 bits per heavy atom. The van der Waals surface area contributed by atoms with Crippen molar-refractivity contribution in [1.29, 1.82) is 0 Å². The summed E-state index contributed by atoms with van der Waals surface area (Å²) in [6, 6.07) is 3.64. The van der Waals surface area contributed by atoms with E-state index < -0.39 is 28.0 Å². The van der Waals surface area contributed by atoms with E-state index in [1.54, 1.807) is 6.92 Å². The fraction of sp³-hybridized carbons (Fsp3) is 0.400. The summed E-state index contributed by atoms with van der Waals surface area (Å²) in [5.74, 6) is -1.70. The van der Waals surface area contributed by atoms with Gasteiger partial charge in [-0.1, -0.05) is 0 Å². The van der Waals surface area contributed by atoms with Crippen LogP contribution in [0.15, 0.2) is 34.1 Å². The first-order valence-corrected chi connectivity index (χ1v) is 8.98. The third kappa shape index (κ3) is 2.80. The SMILES string of the molecule is C[C@@H]1[C@H](C(=O)O)CCCN1S(=O)(=O)c1ccc2[nH]c(=O)cnc2c1. The van der Waals surface area contributed by atoms with Gasteiger partial charge in [-0.15, -0.1) is 0 Å². The number of hydrogen-bond acceptors (Lipinski definition) is 5. The minimum Gasteiger partial charge on any atom is -0.481 e. The van der Waals surface area contributed by atoms with Crippen LogP contribution >= 0.6 is 0 Å². The zero-order valence-electron chi connectivity index (χ0n) is 13.0. The Labute approximate surface area is 138 Å². The predicted molar refractivity (Wildman–Crippen MR) is 86.1 cm³/mol. The summed E-state index contributed by atoms with van der Waals surface area (Å²) in [6.07, 6.45) is 2.05. The zero-order chi connectivity index (χ0) is 17.5. The van der Waals surface area contributed by atoms with Crippen LogP contribution in [-0.2, 0) is 14.8 Å². The second-order valence-corrected chi connectivity index (χ2v) is 7.76. The first-order chi connectivity index (χ1) is 11.3. The molecule has 2 heterocycles. The van der Waals surface area contributed by atoms with Gasteiger partial charge >= 0.3 is 5.97 Å². The lowest BCUT2D eigenvalue weighted by molar-refractivity contribution is -0.144. The molecule has 0 aliphatic carbocycles. The van der Waals surface area contributed by atoms with E-state index in [1.807, 2.05) is 0 Å². The Hall–Kier alpha value is -2.26. The van der Waals surface area contributed by atoms with Crippen molar-refractivity contribution in [2.45, 2.75) is 30.7 Å². The molecule has 2 atom stereocenters. The minimum absolute atomic E-state index is 0.0347. The molecule has 0 spiro atoms. The van der Waals surface area contributed by atoms with Gasteiger partial charge in [0.15, 0.2) is 0 Å². The largest absolute Gasteiger partial charge is 0.481 e. The quantitative estimate of drug-likeness (QED) is 0.844. The molecule has 1 aliphatic rings. The van der Waals surface area contributed by atoms with Crippen LogP contribution in [-0.4, -0.2) is 46.4 Å². The third-order valence-electron chi connectivity index (χ3n) is 4.40. The Morgan fingerprint density at radius 1 is 1.42 bits per heavy atom. The smallest absolute Gasteiger partial charge is 0.308 e. The summed E-state index contributed by atoms with van der Waals surface area (Å²) in [5, 5.41) is 9.26. The summed E-state index contributed by atoms with van der Waals surface area (Å²) in [6.45, 7) is 1.90. The number of carboxylic acid groups (broad SMARTS) is 1. The summed E-state index contributed by atoms with van der Waals surface area (Å²) in [7, 11) is -3.84. The zero-order valence-corrected chi connectivity index (χ0v) is 13.8. The standard InChI is InChI=1S/C15H17N3O5S/c1-9-11(15(20)21)3-2-6-18(9)24(22,23)10-4-5-12-13(7-10)16-8-14(19)17-12/h4-5,7-9,11H,2-3,6H2,1H3,(H,17,19)(H,20,21)/t9-,11-/m1/s1. The topological polar surface area (TPSA) is 120 Å². The van der Waals surface area contributed by atoms with Crippen molar-refractivity contribution in [3.63, 3.8) is 0 Å². The van der Waals surface area contributed by atoms with Crippen molar-refractivity contribution in [3.8, 4) is 0 Å². The van der Waals surface area contributed by atoms with Crippen molar-refractivity contribution in [2.75, 3.05) is 6.54 Å². The van der Waals surface area contributed by atoms with Gasteiger partial charge in [0.25, 0.3) is 5.56 Å². The molecule has 128 valence electrons. The lowest BCUT2D eigenvalue weighted by atomic mass is 9.92. The van der Waals surface area contributed by atoms with Gasteiger partial charge in [0.2, 0.25) is 10.0 Å². The van der Waals surface area contributed by atoms with Gasteiger partial charge in [-0.25, -0.2) is 13.4 Å². The van der Waals surface area contributed by atoms with E-state index in [2.05, 4.69) is 9.97 Å². The molecule has 2 aromatic rings. The Bertz CT molecular complexity index is 953. The molecule has 0 amide bonds. The normalized spacial score (nSPS) is 22.5. The van der Waals surface area contributed by atoms with Gasteiger partial charge in [-0.2, -0.15) is 4.31 Å². The number of piperidine rings is 1. The minimum atomic E-state index is -3.84. The molecule has 1 saturated heterocycles. The Morgan fingerprint density at radius 3 is 2.88 bits per heavy atom. The van der Waals surface area contributed by atoms with Gasteiger partial charge < -0.3 is 10.1 Å². The van der Waals surface area contributed by atoms with Crippen LogP contribution in [0.3, 0.4) is 0 Å². The number of carboxylic acids is 1. The van der Waals surface area contributed by atoms with Crippen molar-refractivity contribution in [3.05, 3.63) is 34.7 Å². The second kappa shape index (κ2) is 5.99. The number of nitrogens with zero attached hydrogens (tertiary/aromatic N) is 2. The molecule has 0 radical (unpaired) electrons. The average molecular weight is 351 g/mol. The molecule has 3 rings (SSSR count). The van der Waals surface area contributed by atoms with Crippen molar-refractivity contribution < 1.29 is 18.3 Å². The van der Waals surface area contributed by atoms with Gasteiger partial charge in [0.1, 0.15) is 0 Å². The summed E-state index contributed by atoms with van der Waals surface area (Å²) >= 11 is 0. The Balaban J connectivity index is 2.02. The monoisotopic (exact) mass is 351 g/mol. The summed E-state index contributed by atoms with van der Waals surface area (Å²) in [4.78, 5) is 29.1. The van der Waals surface area contributed by atoms with E-state index in [0.29, 0.717) is 23.9 Å². The summed E-state index contributed by atoms with van der Waals surface area (Å²) < 4.78 is 27.1. The van der Waals surface area contributed by atoms with Crippen molar-refractivity contribution in [2.24, 2.45) is 5.92 Å². The van der Waals surface area contributed by atoms with Crippen LogP contribution in [0.2, 0.25) is 0 Å². The molecule has 1 fully saturated rings. The number of aromatic nitrogens is 2. The highest BCUT2D eigenvalue weighted by Crippen LogP contribution is 2.30. The van der Waals surface area contributed by atoms with E-state index in [1.165, 1.54) is 22.5 Å². The fourth-order valence-electron chi connectivity index (χ4n) is 3.09. The number of rotatable bonds is 3. The summed E-state index contributed by atoms with van der Waals surface area (Å²) in [5.41, 5.74) is 0.429. The highest BCUT2D eigenvalue weighted by atomic mass is 32.2. The lowest BCUT2D eigenvalue weighted by Gasteiger charge is -2.36. The third-order valence-corrected chi connectivity index (χ3v) is 6.38. The number of aliphatic carboxylic acids is 1. The van der Waals surface area contributed by atoms with Gasteiger partial charge in [-0.05, 0) is 38.0 Å². The second-order valence-electron chi connectivity index (χ2n) is 5.87. The van der Waals surface area contributed by atoms with Crippen LogP contribution in [0.4, 0.5) is 0 Å². The molecule has 0 unspecified atom stereocenters. The van der Waals surface area contributed by atoms with Crippen molar-refractivity contribution >= 4 is 27.0 Å². The molecule has 1 aromatic carbocycles. The molecular weight excluding hydrogens is 334 g/mol. The van der Waals surface area contributed by atoms with Gasteiger partial charge in [0.05, 0.1) is 28.0 Å². The molecule has 8 nitrogen and oxygen atoms in total. The van der Waals surface area contributed by atoms with Crippen LogP contribution in [0.1, 0.15) is 19.8 Å². The van der Waals surface area contributed by atoms with Crippen LogP contribution in [0, 0.1) is 5.92 Å². The van der Waals surface area contributed by atoms with Crippen LogP contribution in [0.5, 0.6) is 0 Å². The first-order valence-electron chi connectivity index (χ1n) is 7.54. The number of sulfonamides is 1. The van der Waals surface area contributed by atoms with E-state index >= 15 is 0 Å². The number of aromatic amines is 1. The molecule has 0 bridgehead atoms. The highest BCUT2D eigenvalue weighted by Gasteiger charge is 2.39.